The van der Waals surface area contributed by atoms with E-state index in [1.54, 1.807) is 12.1 Å². The second-order valence-electron chi connectivity index (χ2n) is 6.96. The lowest BCUT2D eigenvalue weighted by molar-refractivity contribution is -0.137. The molecular formula is C20H17F3N2O3. The number of alkyl halides is 3. The summed E-state index contributed by atoms with van der Waals surface area (Å²) in [6, 6.07) is 10.9. The number of urea groups is 1. The fourth-order valence-electron chi connectivity index (χ4n) is 3.79. The van der Waals surface area contributed by atoms with Gasteiger partial charge in [0, 0.05) is 17.8 Å². The molecule has 0 aromatic heterocycles. The number of benzene rings is 2. The molecule has 0 radical (unpaired) electrons. The number of halogens is 3. The maximum atomic E-state index is 12.7. The van der Waals surface area contributed by atoms with Crippen molar-refractivity contribution in [3.63, 3.8) is 0 Å². The molecule has 1 atom stereocenters. The molecule has 2 aliphatic rings. The van der Waals surface area contributed by atoms with Crippen molar-refractivity contribution in [2.75, 3.05) is 18.4 Å². The van der Waals surface area contributed by atoms with E-state index in [1.807, 2.05) is 12.1 Å². The Morgan fingerprint density at radius 2 is 1.82 bits per heavy atom. The minimum atomic E-state index is -4.43. The Bertz CT molecular complexity index is 927. The summed E-state index contributed by atoms with van der Waals surface area (Å²) < 4.78 is 43.6. The van der Waals surface area contributed by atoms with E-state index in [1.165, 1.54) is 17.0 Å². The second-order valence-corrected chi connectivity index (χ2v) is 6.96. The molecule has 1 fully saturated rings. The van der Waals surface area contributed by atoms with Gasteiger partial charge in [-0.15, -0.1) is 0 Å². The normalized spacial score (nSPS) is 21.4. The van der Waals surface area contributed by atoms with Crippen molar-refractivity contribution >= 4 is 17.7 Å². The molecule has 5 nitrogen and oxygen atoms in total. The molecule has 2 heterocycles. The van der Waals surface area contributed by atoms with Gasteiger partial charge in [-0.05, 0) is 43.2 Å². The lowest BCUT2D eigenvalue weighted by Crippen LogP contribution is -2.50. The van der Waals surface area contributed by atoms with Gasteiger partial charge in [-0.3, -0.25) is 0 Å². The summed E-state index contributed by atoms with van der Waals surface area (Å²) in [6.45, 7) is 0.663. The highest BCUT2D eigenvalue weighted by molar-refractivity contribution is 5.95. The third-order valence-corrected chi connectivity index (χ3v) is 5.13. The van der Waals surface area contributed by atoms with E-state index < -0.39 is 29.3 Å². The van der Waals surface area contributed by atoms with Crippen molar-refractivity contribution in [2.45, 2.75) is 24.6 Å². The van der Waals surface area contributed by atoms with Crippen molar-refractivity contribution < 1.29 is 27.5 Å². The monoisotopic (exact) mass is 390 g/mol. The van der Waals surface area contributed by atoms with Crippen molar-refractivity contribution in [1.82, 2.24) is 4.90 Å². The summed E-state index contributed by atoms with van der Waals surface area (Å²) in [5, 5.41) is 2.61. The number of piperidine rings is 1. The van der Waals surface area contributed by atoms with Crippen LogP contribution in [0.25, 0.3) is 0 Å². The highest BCUT2D eigenvalue weighted by Gasteiger charge is 2.48. The van der Waals surface area contributed by atoms with Crippen LogP contribution in [0.2, 0.25) is 0 Å². The van der Waals surface area contributed by atoms with Crippen LogP contribution in [0, 0.1) is 0 Å². The van der Waals surface area contributed by atoms with Gasteiger partial charge in [0.2, 0.25) is 0 Å². The Hall–Kier alpha value is -3.03. The van der Waals surface area contributed by atoms with Crippen LogP contribution in [-0.2, 0) is 16.5 Å². The van der Waals surface area contributed by atoms with Crippen molar-refractivity contribution in [2.24, 2.45) is 0 Å². The van der Waals surface area contributed by atoms with Crippen LogP contribution < -0.4 is 5.32 Å². The number of ether oxygens (including phenoxy) is 1. The van der Waals surface area contributed by atoms with E-state index in [4.69, 9.17) is 4.74 Å². The van der Waals surface area contributed by atoms with Crippen LogP contribution in [0.5, 0.6) is 0 Å². The number of anilines is 1. The van der Waals surface area contributed by atoms with Crippen LogP contribution in [0.1, 0.15) is 34.3 Å². The number of fused-ring (bicyclic) bond motifs is 2. The largest absolute Gasteiger partial charge is 0.449 e. The number of hydrogen-bond donors (Lipinski definition) is 1. The Morgan fingerprint density at radius 3 is 2.54 bits per heavy atom. The molecule has 1 unspecified atom stereocenters. The Kier molecular flexibility index (Phi) is 4.28. The van der Waals surface area contributed by atoms with E-state index in [9.17, 15) is 22.8 Å². The molecule has 2 aromatic carbocycles. The van der Waals surface area contributed by atoms with Crippen LogP contribution in [0.4, 0.5) is 23.7 Å². The predicted octanol–water partition coefficient (Wildman–Crippen LogP) is 4.40. The number of nitrogens with zero attached hydrogens (tertiary/aromatic N) is 1. The van der Waals surface area contributed by atoms with E-state index in [-0.39, 0.29) is 12.2 Å². The number of hydrogen-bond acceptors (Lipinski definition) is 3. The molecule has 28 heavy (non-hydrogen) atoms. The molecule has 0 saturated carbocycles. The quantitative estimate of drug-likeness (QED) is 0.735. The SMILES string of the molecule is O=C1OC2(CCCN(C(=O)Nc3ccc(C(F)(F)F)cc3)C2)c2ccccc21. The lowest BCUT2D eigenvalue weighted by Gasteiger charge is -2.39. The maximum Gasteiger partial charge on any atom is 0.416 e. The summed E-state index contributed by atoms with van der Waals surface area (Å²) in [6.07, 6.45) is -3.18. The molecule has 146 valence electrons. The van der Waals surface area contributed by atoms with Gasteiger partial charge in [-0.25, -0.2) is 9.59 Å². The molecular weight excluding hydrogens is 373 g/mol. The van der Waals surface area contributed by atoms with Crippen LogP contribution in [0.3, 0.4) is 0 Å². The molecule has 2 aromatic rings. The lowest BCUT2D eigenvalue weighted by atomic mass is 9.85. The summed E-state index contributed by atoms with van der Waals surface area (Å²) in [5.41, 5.74) is -0.110. The predicted molar refractivity (Wildman–Crippen MR) is 94.8 cm³/mol. The number of rotatable bonds is 1. The van der Waals surface area contributed by atoms with Crippen molar-refractivity contribution in [3.05, 3.63) is 65.2 Å². The zero-order valence-electron chi connectivity index (χ0n) is 14.8. The van der Waals surface area contributed by atoms with Crippen molar-refractivity contribution in [3.8, 4) is 0 Å². The van der Waals surface area contributed by atoms with Crippen LogP contribution >= 0.6 is 0 Å². The van der Waals surface area contributed by atoms with Gasteiger partial charge < -0.3 is 15.0 Å². The summed E-state index contributed by atoms with van der Waals surface area (Å²) in [4.78, 5) is 26.3. The van der Waals surface area contributed by atoms with Gasteiger partial charge in [0.1, 0.15) is 0 Å². The maximum absolute atomic E-state index is 12.7. The smallest absolute Gasteiger partial charge is 0.416 e. The Morgan fingerprint density at radius 1 is 1.11 bits per heavy atom. The molecule has 0 aliphatic carbocycles. The molecule has 1 N–H and O–H groups in total. The fraction of sp³-hybridized carbons (Fsp3) is 0.300. The molecule has 8 heteroatoms. The van der Waals surface area contributed by atoms with E-state index in [0.717, 1.165) is 17.7 Å². The Balaban J connectivity index is 1.50. The van der Waals surface area contributed by atoms with E-state index >= 15 is 0 Å². The number of carbonyl (C=O) groups excluding carboxylic acids is 2. The van der Waals surface area contributed by atoms with Crippen molar-refractivity contribution in [1.29, 1.82) is 0 Å². The van der Waals surface area contributed by atoms with Gasteiger partial charge in [-0.1, -0.05) is 18.2 Å². The van der Waals surface area contributed by atoms with E-state index in [2.05, 4.69) is 5.32 Å². The highest BCUT2D eigenvalue weighted by Crippen LogP contribution is 2.42. The zero-order chi connectivity index (χ0) is 19.9. The van der Waals surface area contributed by atoms with Gasteiger partial charge >= 0.3 is 18.2 Å². The Labute approximate surface area is 159 Å². The first-order valence-corrected chi connectivity index (χ1v) is 8.85. The molecule has 2 aliphatic heterocycles. The van der Waals surface area contributed by atoms with Gasteiger partial charge in [0.15, 0.2) is 5.60 Å². The highest BCUT2D eigenvalue weighted by atomic mass is 19.4. The minimum absolute atomic E-state index is 0.197. The van der Waals surface area contributed by atoms with Gasteiger partial charge in [-0.2, -0.15) is 13.2 Å². The first kappa shape index (κ1) is 18.3. The molecule has 1 saturated heterocycles. The molecule has 2 amide bonds. The summed E-state index contributed by atoms with van der Waals surface area (Å²) in [7, 11) is 0. The van der Waals surface area contributed by atoms with Crippen LogP contribution in [-0.4, -0.2) is 30.0 Å². The third-order valence-electron chi connectivity index (χ3n) is 5.13. The van der Waals surface area contributed by atoms with Crippen LogP contribution in [0.15, 0.2) is 48.5 Å². The zero-order valence-corrected chi connectivity index (χ0v) is 14.8. The third kappa shape index (κ3) is 3.19. The average Bonchev–Trinajstić information content (AvgIpc) is 2.93. The number of likely N-dealkylation sites (tertiary alicyclic amines) is 1. The minimum Gasteiger partial charge on any atom is -0.449 e. The standard InChI is InChI=1S/C20H17F3N2O3/c21-20(22,23)13-6-8-14(9-7-13)24-18(27)25-11-3-10-19(12-25)16-5-2-1-4-15(16)17(26)28-19/h1-2,4-9H,3,10-12H2,(H,24,27). The average molecular weight is 390 g/mol. The number of nitrogens with one attached hydrogen (secondary N) is 1. The fourth-order valence-corrected chi connectivity index (χ4v) is 3.79. The van der Waals surface area contributed by atoms with Gasteiger partial charge in [0.05, 0.1) is 17.7 Å². The summed E-state index contributed by atoms with van der Waals surface area (Å²) >= 11 is 0. The summed E-state index contributed by atoms with van der Waals surface area (Å²) in [5.74, 6) is -0.402. The number of esters is 1. The molecule has 0 bridgehead atoms. The topological polar surface area (TPSA) is 58.6 Å². The second kappa shape index (κ2) is 6.54. The first-order valence-electron chi connectivity index (χ1n) is 8.85. The number of amides is 2. The molecule has 1 spiro atoms. The van der Waals surface area contributed by atoms with E-state index in [0.29, 0.717) is 24.9 Å². The first-order chi connectivity index (χ1) is 13.3. The molecule has 4 rings (SSSR count). The number of carbonyl (C=O) groups is 2. The van der Waals surface area contributed by atoms with Gasteiger partial charge in [0.25, 0.3) is 0 Å².